The van der Waals surface area contributed by atoms with Crippen LogP contribution in [0.4, 0.5) is 5.69 Å². The average Bonchev–Trinajstić information content (AvgIpc) is 3.44. The average molecular weight is 390 g/mol. The van der Waals surface area contributed by atoms with Gasteiger partial charge in [-0.3, -0.25) is 14.6 Å². The highest BCUT2D eigenvalue weighted by Gasteiger charge is 2.29. The van der Waals surface area contributed by atoms with Crippen molar-refractivity contribution in [3.63, 3.8) is 0 Å². The maximum atomic E-state index is 12.3. The van der Waals surface area contributed by atoms with Crippen LogP contribution in [0.1, 0.15) is 23.1 Å². The molecule has 2 aromatic heterocycles. The Morgan fingerprint density at radius 2 is 1.86 bits per heavy atom. The van der Waals surface area contributed by atoms with Crippen LogP contribution in [0.3, 0.4) is 0 Å². The van der Waals surface area contributed by atoms with Gasteiger partial charge in [0.15, 0.2) is 0 Å². The van der Waals surface area contributed by atoms with Crippen LogP contribution in [-0.4, -0.2) is 29.9 Å². The molecule has 1 unspecified atom stereocenters. The SMILES string of the molecule is O=C(NCc1ccccn1)C(=O)NCC(c1ccco1)N1CCc2ccccc21. The molecule has 0 saturated carbocycles. The van der Waals surface area contributed by atoms with Crippen LogP contribution in [0.15, 0.2) is 71.5 Å². The molecule has 29 heavy (non-hydrogen) atoms. The number of carbonyl (C=O) groups excluding carboxylic acids is 2. The fourth-order valence-corrected chi connectivity index (χ4v) is 3.56. The third-order valence-electron chi connectivity index (χ3n) is 4.99. The van der Waals surface area contributed by atoms with E-state index in [0.717, 1.165) is 24.4 Å². The number of nitrogens with one attached hydrogen (secondary N) is 2. The molecule has 1 atom stereocenters. The molecule has 0 radical (unpaired) electrons. The van der Waals surface area contributed by atoms with Crippen molar-refractivity contribution in [2.24, 2.45) is 0 Å². The lowest BCUT2D eigenvalue weighted by Crippen LogP contribution is -2.43. The number of carbonyl (C=O) groups is 2. The third kappa shape index (κ3) is 4.29. The Morgan fingerprint density at radius 3 is 2.66 bits per heavy atom. The van der Waals surface area contributed by atoms with Crippen LogP contribution in [0, 0.1) is 0 Å². The van der Waals surface area contributed by atoms with E-state index in [1.807, 2.05) is 30.3 Å². The van der Waals surface area contributed by atoms with Crippen LogP contribution in [-0.2, 0) is 22.6 Å². The molecular formula is C22H22N4O3. The molecule has 0 aliphatic carbocycles. The van der Waals surface area contributed by atoms with Crippen molar-refractivity contribution < 1.29 is 14.0 Å². The van der Waals surface area contributed by atoms with Crippen LogP contribution in [0.2, 0.25) is 0 Å². The summed E-state index contributed by atoms with van der Waals surface area (Å²) in [6.07, 6.45) is 4.20. The van der Waals surface area contributed by atoms with Crippen molar-refractivity contribution in [3.05, 3.63) is 84.1 Å². The second kappa shape index (κ2) is 8.60. The molecule has 2 amide bonds. The second-order valence-electron chi connectivity index (χ2n) is 6.82. The molecule has 7 nitrogen and oxygen atoms in total. The van der Waals surface area contributed by atoms with Crippen molar-refractivity contribution in [2.75, 3.05) is 18.0 Å². The number of nitrogens with zero attached hydrogens (tertiary/aromatic N) is 2. The summed E-state index contributed by atoms with van der Waals surface area (Å²) in [6, 6.07) is 17.1. The van der Waals surface area contributed by atoms with Gasteiger partial charge in [-0.1, -0.05) is 24.3 Å². The van der Waals surface area contributed by atoms with Crippen LogP contribution in [0.5, 0.6) is 0 Å². The largest absolute Gasteiger partial charge is 0.467 e. The van der Waals surface area contributed by atoms with E-state index in [0.29, 0.717) is 5.69 Å². The van der Waals surface area contributed by atoms with Gasteiger partial charge in [0.05, 0.1) is 18.5 Å². The Balaban J connectivity index is 1.40. The van der Waals surface area contributed by atoms with Crippen molar-refractivity contribution in [2.45, 2.75) is 19.0 Å². The zero-order chi connectivity index (χ0) is 20.1. The minimum absolute atomic E-state index is 0.193. The Labute approximate surface area is 168 Å². The molecule has 1 aliphatic rings. The molecule has 7 heteroatoms. The maximum absolute atomic E-state index is 12.3. The number of pyridine rings is 1. The van der Waals surface area contributed by atoms with Gasteiger partial charge in [-0.2, -0.15) is 0 Å². The summed E-state index contributed by atoms with van der Waals surface area (Å²) in [5.41, 5.74) is 3.09. The lowest BCUT2D eigenvalue weighted by molar-refractivity contribution is -0.139. The molecule has 1 aliphatic heterocycles. The summed E-state index contributed by atoms with van der Waals surface area (Å²) in [5.74, 6) is -0.614. The molecule has 0 saturated heterocycles. The van der Waals surface area contributed by atoms with E-state index in [9.17, 15) is 9.59 Å². The number of fused-ring (bicyclic) bond motifs is 1. The maximum Gasteiger partial charge on any atom is 0.309 e. The van der Waals surface area contributed by atoms with Gasteiger partial charge < -0.3 is 20.0 Å². The third-order valence-corrected chi connectivity index (χ3v) is 4.99. The van der Waals surface area contributed by atoms with E-state index in [1.54, 1.807) is 24.6 Å². The van der Waals surface area contributed by atoms with Crippen LogP contribution >= 0.6 is 0 Å². The smallest absolute Gasteiger partial charge is 0.309 e. The summed E-state index contributed by atoms with van der Waals surface area (Å²) in [6.45, 7) is 1.29. The van der Waals surface area contributed by atoms with Gasteiger partial charge in [-0.25, -0.2) is 0 Å². The van der Waals surface area contributed by atoms with Gasteiger partial charge in [-0.15, -0.1) is 0 Å². The predicted octanol–water partition coefficient (Wildman–Crippen LogP) is 2.21. The first kappa shape index (κ1) is 18.7. The monoisotopic (exact) mass is 390 g/mol. The van der Waals surface area contributed by atoms with Crippen LogP contribution < -0.4 is 15.5 Å². The fraction of sp³-hybridized carbons (Fsp3) is 0.227. The molecule has 2 N–H and O–H groups in total. The first-order valence-electron chi connectivity index (χ1n) is 9.56. The minimum atomic E-state index is -0.685. The van der Waals surface area contributed by atoms with E-state index in [2.05, 4.69) is 32.7 Å². The number of rotatable bonds is 6. The molecule has 148 valence electrons. The highest BCUT2D eigenvalue weighted by molar-refractivity contribution is 6.35. The standard InChI is InChI=1S/C22H22N4O3/c27-21(24-14-17-7-3-4-11-23-17)22(28)25-15-19(20-9-5-13-29-20)26-12-10-16-6-1-2-8-18(16)26/h1-9,11,13,19H,10,12,14-15H2,(H,24,27)(H,25,28). The first-order chi connectivity index (χ1) is 14.2. The van der Waals surface area contributed by atoms with Crippen LogP contribution in [0.25, 0.3) is 0 Å². The first-order valence-corrected chi connectivity index (χ1v) is 9.56. The topological polar surface area (TPSA) is 87.5 Å². The van der Waals surface area contributed by atoms with Gasteiger partial charge in [-0.05, 0) is 42.3 Å². The summed E-state index contributed by atoms with van der Waals surface area (Å²) in [4.78, 5) is 30.8. The zero-order valence-electron chi connectivity index (χ0n) is 15.9. The fourth-order valence-electron chi connectivity index (χ4n) is 3.56. The number of amides is 2. The molecule has 0 fully saturated rings. The summed E-state index contributed by atoms with van der Waals surface area (Å²) >= 11 is 0. The number of para-hydroxylation sites is 1. The van der Waals surface area contributed by atoms with Gasteiger partial charge in [0.2, 0.25) is 0 Å². The van der Waals surface area contributed by atoms with Crippen molar-refractivity contribution in [3.8, 4) is 0 Å². The Hall–Kier alpha value is -3.61. The summed E-state index contributed by atoms with van der Waals surface area (Å²) < 4.78 is 5.62. The lowest BCUT2D eigenvalue weighted by atomic mass is 10.1. The molecule has 1 aromatic carbocycles. The highest BCUT2D eigenvalue weighted by atomic mass is 16.3. The van der Waals surface area contributed by atoms with Gasteiger partial charge in [0.1, 0.15) is 11.8 Å². The van der Waals surface area contributed by atoms with E-state index in [4.69, 9.17) is 4.42 Å². The predicted molar refractivity (Wildman–Crippen MR) is 108 cm³/mol. The molecule has 3 heterocycles. The lowest BCUT2D eigenvalue weighted by Gasteiger charge is -2.29. The summed E-state index contributed by atoms with van der Waals surface area (Å²) in [7, 11) is 0. The summed E-state index contributed by atoms with van der Waals surface area (Å²) in [5, 5.41) is 5.33. The van der Waals surface area contributed by atoms with E-state index >= 15 is 0 Å². The Kier molecular flexibility index (Phi) is 5.56. The van der Waals surface area contributed by atoms with Gasteiger partial charge in [0.25, 0.3) is 0 Å². The van der Waals surface area contributed by atoms with Crippen molar-refractivity contribution >= 4 is 17.5 Å². The second-order valence-corrected chi connectivity index (χ2v) is 6.82. The number of hydrogen-bond donors (Lipinski definition) is 2. The van der Waals surface area contributed by atoms with Crippen molar-refractivity contribution in [1.29, 1.82) is 0 Å². The molecule has 3 aromatic rings. The Bertz CT molecular complexity index is 973. The molecule has 4 rings (SSSR count). The number of benzene rings is 1. The normalized spacial score (nSPS) is 13.6. The number of hydrogen-bond acceptors (Lipinski definition) is 5. The number of aromatic nitrogens is 1. The molecule has 0 spiro atoms. The number of anilines is 1. The van der Waals surface area contributed by atoms with Gasteiger partial charge >= 0.3 is 11.8 Å². The molecular weight excluding hydrogens is 368 g/mol. The van der Waals surface area contributed by atoms with E-state index in [-0.39, 0.29) is 19.1 Å². The minimum Gasteiger partial charge on any atom is -0.467 e. The quantitative estimate of drug-likeness (QED) is 0.630. The van der Waals surface area contributed by atoms with Gasteiger partial charge in [0, 0.05) is 25.0 Å². The van der Waals surface area contributed by atoms with Crippen molar-refractivity contribution in [1.82, 2.24) is 15.6 Å². The zero-order valence-corrected chi connectivity index (χ0v) is 15.9. The van der Waals surface area contributed by atoms with E-state index < -0.39 is 11.8 Å². The Morgan fingerprint density at radius 1 is 1.03 bits per heavy atom. The highest BCUT2D eigenvalue weighted by Crippen LogP contribution is 2.34. The molecule has 0 bridgehead atoms. The van der Waals surface area contributed by atoms with E-state index in [1.165, 1.54) is 5.56 Å². The number of furan rings is 1.